The van der Waals surface area contributed by atoms with E-state index in [4.69, 9.17) is 9.47 Å². The summed E-state index contributed by atoms with van der Waals surface area (Å²) in [5.41, 5.74) is 1.04. The number of halogens is 3. The highest BCUT2D eigenvalue weighted by atomic mass is 19.4. The summed E-state index contributed by atoms with van der Waals surface area (Å²) in [4.78, 5) is 0. The number of hydrogen-bond donors (Lipinski definition) is 1. The summed E-state index contributed by atoms with van der Waals surface area (Å²) >= 11 is 0. The summed E-state index contributed by atoms with van der Waals surface area (Å²) in [7, 11) is 3.16. The molecule has 0 radical (unpaired) electrons. The molecule has 0 aromatic heterocycles. The van der Waals surface area contributed by atoms with Crippen LogP contribution >= 0.6 is 0 Å². The fourth-order valence-electron chi connectivity index (χ4n) is 2.58. The number of benzene rings is 2. The molecule has 2 aromatic rings. The number of ether oxygens (including phenoxy) is 2. The maximum absolute atomic E-state index is 12.7. The fourth-order valence-corrected chi connectivity index (χ4v) is 2.58. The average Bonchev–Trinajstić information content (AvgIpc) is 2.59. The third-order valence-corrected chi connectivity index (χ3v) is 3.90. The van der Waals surface area contributed by atoms with Gasteiger partial charge in [0.2, 0.25) is 0 Å². The molecule has 2 rings (SSSR count). The average molecular weight is 353 g/mol. The van der Waals surface area contributed by atoms with Gasteiger partial charge in [-0.1, -0.05) is 24.3 Å². The highest BCUT2D eigenvalue weighted by Crippen LogP contribution is 2.30. The van der Waals surface area contributed by atoms with Crippen LogP contribution in [0.2, 0.25) is 0 Å². The van der Waals surface area contributed by atoms with Gasteiger partial charge < -0.3 is 14.8 Å². The van der Waals surface area contributed by atoms with E-state index in [1.807, 2.05) is 25.1 Å². The van der Waals surface area contributed by atoms with Crippen molar-refractivity contribution < 1.29 is 22.6 Å². The lowest BCUT2D eigenvalue weighted by molar-refractivity contribution is -0.137. The van der Waals surface area contributed by atoms with Crippen LogP contribution in [-0.4, -0.2) is 20.3 Å². The van der Waals surface area contributed by atoms with E-state index in [1.54, 1.807) is 20.3 Å². The minimum atomic E-state index is -4.32. The number of methoxy groups -OCH3 is 2. The smallest absolute Gasteiger partial charge is 0.416 e. The Labute approximate surface area is 145 Å². The monoisotopic (exact) mass is 353 g/mol. The van der Waals surface area contributed by atoms with Gasteiger partial charge in [0.1, 0.15) is 0 Å². The lowest BCUT2D eigenvalue weighted by Crippen LogP contribution is -2.27. The van der Waals surface area contributed by atoms with Crippen LogP contribution in [0.1, 0.15) is 23.6 Å². The Hall–Kier alpha value is -2.21. The number of hydrogen-bond acceptors (Lipinski definition) is 3. The highest BCUT2D eigenvalue weighted by Gasteiger charge is 2.30. The van der Waals surface area contributed by atoms with Crippen LogP contribution < -0.4 is 14.8 Å². The normalized spacial score (nSPS) is 12.7. The standard InChI is InChI=1S/C19H22F3NO2/c1-13(9-14-7-8-17(24-2)18(11-14)25-3)23-12-15-5-4-6-16(10-15)19(20,21)22/h4-8,10-11,13,23H,9,12H2,1-3H3/t13-/m1/s1. The zero-order valence-electron chi connectivity index (χ0n) is 14.5. The van der Waals surface area contributed by atoms with E-state index in [2.05, 4.69) is 5.32 Å². The molecule has 0 spiro atoms. The molecule has 136 valence electrons. The molecule has 0 heterocycles. The van der Waals surface area contributed by atoms with E-state index < -0.39 is 11.7 Å². The molecule has 0 unspecified atom stereocenters. The van der Waals surface area contributed by atoms with Crippen molar-refractivity contribution in [2.24, 2.45) is 0 Å². The third-order valence-electron chi connectivity index (χ3n) is 3.90. The Morgan fingerprint density at radius 1 is 0.960 bits per heavy atom. The van der Waals surface area contributed by atoms with Crippen molar-refractivity contribution in [2.45, 2.75) is 32.1 Å². The second-order valence-corrected chi connectivity index (χ2v) is 5.87. The Balaban J connectivity index is 1.96. The zero-order chi connectivity index (χ0) is 18.4. The molecule has 2 aromatic carbocycles. The molecule has 0 fully saturated rings. The van der Waals surface area contributed by atoms with Crippen molar-refractivity contribution in [1.29, 1.82) is 0 Å². The number of nitrogens with one attached hydrogen (secondary N) is 1. The lowest BCUT2D eigenvalue weighted by atomic mass is 10.1. The molecular weight excluding hydrogens is 331 g/mol. The first-order chi connectivity index (χ1) is 11.8. The van der Waals surface area contributed by atoms with Crippen LogP contribution in [0.5, 0.6) is 11.5 Å². The first-order valence-corrected chi connectivity index (χ1v) is 7.94. The Kier molecular flexibility index (Phi) is 6.31. The van der Waals surface area contributed by atoms with Crippen LogP contribution in [0.4, 0.5) is 13.2 Å². The molecule has 0 saturated carbocycles. The van der Waals surface area contributed by atoms with Gasteiger partial charge in [-0.3, -0.25) is 0 Å². The van der Waals surface area contributed by atoms with Crippen molar-refractivity contribution in [3.8, 4) is 11.5 Å². The predicted octanol–water partition coefficient (Wildman–Crippen LogP) is 4.44. The van der Waals surface area contributed by atoms with Crippen LogP contribution in [0.15, 0.2) is 42.5 Å². The van der Waals surface area contributed by atoms with E-state index in [0.717, 1.165) is 18.1 Å². The SMILES string of the molecule is COc1ccc(C[C@@H](C)NCc2cccc(C(F)(F)F)c2)cc1OC. The van der Waals surface area contributed by atoms with Crippen LogP contribution in [0.3, 0.4) is 0 Å². The van der Waals surface area contributed by atoms with Crippen LogP contribution in [0, 0.1) is 0 Å². The largest absolute Gasteiger partial charge is 0.493 e. The van der Waals surface area contributed by atoms with E-state index in [9.17, 15) is 13.2 Å². The van der Waals surface area contributed by atoms with E-state index in [1.165, 1.54) is 12.1 Å². The van der Waals surface area contributed by atoms with Gasteiger partial charge in [0, 0.05) is 12.6 Å². The van der Waals surface area contributed by atoms with Crippen LogP contribution in [-0.2, 0) is 19.1 Å². The maximum atomic E-state index is 12.7. The zero-order valence-corrected chi connectivity index (χ0v) is 14.5. The second-order valence-electron chi connectivity index (χ2n) is 5.87. The Morgan fingerprint density at radius 3 is 2.32 bits per heavy atom. The van der Waals surface area contributed by atoms with Gasteiger partial charge in [-0.15, -0.1) is 0 Å². The van der Waals surface area contributed by atoms with Crippen molar-refractivity contribution >= 4 is 0 Å². The first-order valence-electron chi connectivity index (χ1n) is 7.94. The van der Waals surface area contributed by atoms with Gasteiger partial charge in [-0.25, -0.2) is 0 Å². The van der Waals surface area contributed by atoms with Gasteiger partial charge >= 0.3 is 6.18 Å². The molecule has 0 bridgehead atoms. The maximum Gasteiger partial charge on any atom is 0.416 e. The molecule has 1 atom stereocenters. The summed E-state index contributed by atoms with van der Waals surface area (Å²) in [5, 5.41) is 3.25. The molecule has 0 aliphatic heterocycles. The third kappa shape index (κ3) is 5.39. The van der Waals surface area contributed by atoms with Gasteiger partial charge in [-0.05, 0) is 42.7 Å². The summed E-state index contributed by atoms with van der Waals surface area (Å²) in [6, 6.07) is 11.2. The minimum Gasteiger partial charge on any atom is -0.493 e. The summed E-state index contributed by atoms with van der Waals surface area (Å²) in [6.07, 6.45) is -3.60. The van der Waals surface area contributed by atoms with E-state index >= 15 is 0 Å². The molecule has 6 heteroatoms. The molecule has 3 nitrogen and oxygen atoms in total. The fraction of sp³-hybridized carbons (Fsp3) is 0.368. The Bertz CT molecular complexity index is 701. The summed E-state index contributed by atoms with van der Waals surface area (Å²) < 4.78 is 48.7. The van der Waals surface area contributed by atoms with E-state index in [0.29, 0.717) is 23.6 Å². The Morgan fingerprint density at radius 2 is 1.68 bits per heavy atom. The molecule has 1 N–H and O–H groups in total. The minimum absolute atomic E-state index is 0.0904. The number of alkyl halides is 3. The van der Waals surface area contributed by atoms with Gasteiger partial charge in [0.25, 0.3) is 0 Å². The van der Waals surface area contributed by atoms with Gasteiger partial charge in [0.05, 0.1) is 19.8 Å². The first kappa shape index (κ1) is 19.1. The second kappa shape index (κ2) is 8.25. The van der Waals surface area contributed by atoms with Crippen LogP contribution in [0.25, 0.3) is 0 Å². The van der Waals surface area contributed by atoms with Gasteiger partial charge in [-0.2, -0.15) is 13.2 Å². The summed E-state index contributed by atoms with van der Waals surface area (Å²) in [5.74, 6) is 1.32. The van der Waals surface area contributed by atoms with Crippen molar-refractivity contribution in [3.05, 3.63) is 59.2 Å². The molecule has 0 amide bonds. The molecule has 25 heavy (non-hydrogen) atoms. The number of rotatable bonds is 7. The topological polar surface area (TPSA) is 30.5 Å². The van der Waals surface area contributed by atoms with Crippen molar-refractivity contribution in [1.82, 2.24) is 5.32 Å². The van der Waals surface area contributed by atoms with Crippen molar-refractivity contribution in [3.63, 3.8) is 0 Å². The summed E-state index contributed by atoms with van der Waals surface area (Å²) in [6.45, 7) is 2.36. The molecule has 0 saturated heterocycles. The van der Waals surface area contributed by atoms with E-state index in [-0.39, 0.29) is 6.04 Å². The quantitative estimate of drug-likeness (QED) is 0.798. The molecular formula is C19H22F3NO2. The lowest BCUT2D eigenvalue weighted by Gasteiger charge is -2.16. The molecule has 0 aliphatic carbocycles. The van der Waals surface area contributed by atoms with Crippen molar-refractivity contribution in [2.75, 3.05) is 14.2 Å². The predicted molar refractivity (Wildman–Crippen MR) is 91.0 cm³/mol. The highest BCUT2D eigenvalue weighted by molar-refractivity contribution is 5.43. The molecule has 0 aliphatic rings. The van der Waals surface area contributed by atoms with Gasteiger partial charge in [0.15, 0.2) is 11.5 Å².